The molecular weight excluding hydrogens is 448 g/mol. The molecule has 3 rings (SSSR count). The van der Waals surface area contributed by atoms with Crippen molar-refractivity contribution >= 4 is 35.0 Å². The summed E-state index contributed by atoms with van der Waals surface area (Å²) in [7, 11) is 1.52. The zero-order valence-electron chi connectivity index (χ0n) is 20.5. The number of nitrogens with one attached hydrogen (secondary N) is 2. The molecule has 0 aromatic heterocycles. The SMILES string of the molecule is COc1cc(N(CC2CCN(CCC(=O)O)CC2)C(C)=O)ccc1NC(=O)Nc1ccccc1C. The van der Waals surface area contributed by atoms with E-state index in [1.165, 1.54) is 14.0 Å². The summed E-state index contributed by atoms with van der Waals surface area (Å²) in [5.74, 6) is -0.0753. The minimum atomic E-state index is -0.783. The van der Waals surface area contributed by atoms with Gasteiger partial charge in [0.2, 0.25) is 5.91 Å². The maximum atomic E-state index is 12.5. The number of para-hydroxylation sites is 1. The number of hydrogen-bond acceptors (Lipinski definition) is 5. The fourth-order valence-electron chi connectivity index (χ4n) is 4.26. The summed E-state index contributed by atoms with van der Waals surface area (Å²) >= 11 is 0. The molecule has 2 aromatic carbocycles. The smallest absolute Gasteiger partial charge is 0.323 e. The lowest BCUT2D eigenvalue weighted by Gasteiger charge is -2.34. The van der Waals surface area contributed by atoms with E-state index in [0.717, 1.165) is 37.2 Å². The molecule has 0 unspecified atom stereocenters. The Bertz CT molecular complexity index is 1050. The molecule has 2 aromatic rings. The summed E-state index contributed by atoms with van der Waals surface area (Å²) in [4.78, 5) is 39.7. The van der Waals surface area contributed by atoms with Gasteiger partial charge >= 0.3 is 12.0 Å². The number of urea groups is 1. The number of anilines is 3. The highest BCUT2D eigenvalue weighted by Crippen LogP contribution is 2.31. The number of aliphatic carboxylic acids is 1. The third-order valence-corrected chi connectivity index (χ3v) is 6.31. The molecule has 0 radical (unpaired) electrons. The quantitative estimate of drug-likeness (QED) is 0.494. The number of amides is 3. The van der Waals surface area contributed by atoms with Gasteiger partial charge in [-0.15, -0.1) is 0 Å². The maximum Gasteiger partial charge on any atom is 0.323 e. The summed E-state index contributed by atoms with van der Waals surface area (Å²) in [5.41, 5.74) is 2.87. The molecule has 1 aliphatic rings. The standard InChI is InChI=1S/C26H34N4O5/c1-18-6-4-5-7-22(18)27-26(34)28-23-9-8-21(16-24(23)35-3)30(19(2)31)17-20-10-13-29(14-11-20)15-12-25(32)33/h4-9,16,20H,10-15,17H2,1-3H3,(H,32,33)(H2,27,28,34). The summed E-state index contributed by atoms with van der Waals surface area (Å²) in [6, 6.07) is 12.4. The highest BCUT2D eigenvalue weighted by atomic mass is 16.5. The minimum absolute atomic E-state index is 0.0710. The van der Waals surface area contributed by atoms with E-state index in [-0.39, 0.29) is 18.4 Å². The van der Waals surface area contributed by atoms with Crippen molar-refractivity contribution in [1.82, 2.24) is 4.90 Å². The third kappa shape index (κ3) is 7.45. The average Bonchev–Trinajstić information content (AvgIpc) is 2.83. The monoisotopic (exact) mass is 482 g/mol. The van der Waals surface area contributed by atoms with E-state index in [1.807, 2.05) is 31.2 Å². The van der Waals surface area contributed by atoms with Crippen LogP contribution in [-0.4, -0.2) is 61.2 Å². The van der Waals surface area contributed by atoms with Crippen molar-refractivity contribution in [2.24, 2.45) is 5.92 Å². The summed E-state index contributed by atoms with van der Waals surface area (Å²) in [6.07, 6.45) is 1.95. The number of hydrogen-bond donors (Lipinski definition) is 3. The summed E-state index contributed by atoms with van der Waals surface area (Å²) < 4.78 is 5.51. The first kappa shape index (κ1) is 26.0. The molecule has 188 valence electrons. The summed E-state index contributed by atoms with van der Waals surface area (Å²) in [5, 5.41) is 14.5. The molecule has 0 atom stereocenters. The van der Waals surface area contributed by atoms with Gasteiger partial charge in [0.15, 0.2) is 0 Å². The van der Waals surface area contributed by atoms with E-state index in [4.69, 9.17) is 9.84 Å². The lowest BCUT2D eigenvalue weighted by Crippen LogP contribution is -2.41. The minimum Gasteiger partial charge on any atom is -0.494 e. The van der Waals surface area contributed by atoms with Crippen molar-refractivity contribution < 1.29 is 24.2 Å². The van der Waals surface area contributed by atoms with Gasteiger partial charge in [-0.3, -0.25) is 9.59 Å². The molecule has 0 spiro atoms. The number of piperidine rings is 1. The number of nitrogens with zero attached hydrogens (tertiary/aromatic N) is 2. The number of carbonyl (C=O) groups excluding carboxylic acids is 2. The zero-order chi connectivity index (χ0) is 25.4. The number of methoxy groups -OCH3 is 1. The Morgan fingerprint density at radius 1 is 1.09 bits per heavy atom. The first-order valence-corrected chi connectivity index (χ1v) is 11.8. The molecule has 0 aliphatic carbocycles. The fraction of sp³-hybridized carbons (Fsp3) is 0.423. The summed E-state index contributed by atoms with van der Waals surface area (Å²) in [6.45, 7) is 6.24. The van der Waals surface area contributed by atoms with Gasteiger partial charge in [-0.2, -0.15) is 0 Å². The van der Waals surface area contributed by atoms with Crippen molar-refractivity contribution in [3.63, 3.8) is 0 Å². The number of rotatable bonds is 9. The number of likely N-dealkylation sites (tertiary alicyclic amines) is 1. The number of ether oxygens (including phenoxy) is 1. The van der Waals surface area contributed by atoms with Crippen LogP contribution in [0.25, 0.3) is 0 Å². The molecule has 3 amide bonds. The second-order valence-corrected chi connectivity index (χ2v) is 8.84. The molecule has 1 saturated heterocycles. The molecular formula is C26H34N4O5. The lowest BCUT2D eigenvalue weighted by molar-refractivity contribution is -0.137. The van der Waals surface area contributed by atoms with Crippen LogP contribution in [0.2, 0.25) is 0 Å². The van der Waals surface area contributed by atoms with Gasteiger partial charge in [-0.1, -0.05) is 18.2 Å². The Labute approximate surface area is 206 Å². The predicted octanol–water partition coefficient (Wildman–Crippen LogP) is 4.19. The van der Waals surface area contributed by atoms with E-state index in [0.29, 0.717) is 36.1 Å². The van der Waals surface area contributed by atoms with E-state index >= 15 is 0 Å². The molecule has 9 heteroatoms. The number of carboxylic acids is 1. The molecule has 1 heterocycles. The first-order valence-electron chi connectivity index (χ1n) is 11.8. The van der Waals surface area contributed by atoms with Gasteiger partial charge in [-0.05, 0) is 62.5 Å². The van der Waals surface area contributed by atoms with Crippen LogP contribution in [0.4, 0.5) is 21.9 Å². The van der Waals surface area contributed by atoms with Crippen molar-refractivity contribution in [3.8, 4) is 5.75 Å². The Kier molecular flexibility index (Phi) is 9.08. The maximum absolute atomic E-state index is 12.5. The van der Waals surface area contributed by atoms with Crippen LogP contribution in [0.15, 0.2) is 42.5 Å². The van der Waals surface area contributed by atoms with Gasteiger partial charge in [0.25, 0.3) is 0 Å². The van der Waals surface area contributed by atoms with Gasteiger partial charge in [0, 0.05) is 37.5 Å². The van der Waals surface area contributed by atoms with Gasteiger partial charge in [0.1, 0.15) is 5.75 Å². The van der Waals surface area contributed by atoms with Gasteiger partial charge in [-0.25, -0.2) is 4.79 Å². The van der Waals surface area contributed by atoms with E-state index < -0.39 is 5.97 Å². The Morgan fingerprint density at radius 2 is 1.77 bits per heavy atom. The lowest BCUT2D eigenvalue weighted by atomic mass is 9.95. The van der Waals surface area contributed by atoms with Crippen molar-refractivity contribution in [2.45, 2.75) is 33.1 Å². The second-order valence-electron chi connectivity index (χ2n) is 8.84. The molecule has 0 bridgehead atoms. The van der Waals surface area contributed by atoms with Crippen LogP contribution in [0, 0.1) is 12.8 Å². The van der Waals surface area contributed by atoms with Crippen molar-refractivity contribution in [3.05, 3.63) is 48.0 Å². The zero-order valence-corrected chi connectivity index (χ0v) is 20.5. The topological polar surface area (TPSA) is 111 Å². The highest BCUT2D eigenvalue weighted by molar-refractivity contribution is 6.01. The van der Waals surface area contributed by atoms with Gasteiger partial charge < -0.3 is 30.3 Å². The number of benzene rings is 2. The molecule has 1 fully saturated rings. The molecule has 0 saturated carbocycles. The van der Waals surface area contributed by atoms with Crippen LogP contribution in [0.1, 0.15) is 31.7 Å². The molecule has 3 N–H and O–H groups in total. The first-order chi connectivity index (χ1) is 16.8. The van der Waals surface area contributed by atoms with Crippen molar-refractivity contribution in [1.29, 1.82) is 0 Å². The van der Waals surface area contributed by atoms with Crippen LogP contribution in [0.3, 0.4) is 0 Å². The van der Waals surface area contributed by atoms with Gasteiger partial charge in [0.05, 0.1) is 19.2 Å². The van der Waals surface area contributed by atoms with E-state index in [1.54, 1.807) is 23.1 Å². The van der Waals surface area contributed by atoms with E-state index in [2.05, 4.69) is 15.5 Å². The molecule has 1 aliphatic heterocycles. The largest absolute Gasteiger partial charge is 0.494 e. The van der Waals surface area contributed by atoms with Crippen LogP contribution in [-0.2, 0) is 9.59 Å². The van der Waals surface area contributed by atoms with Crippen LogP contribution in [0.5, 0.6) is 5.75 Å². The van der Waals surface area contributed by atoms with Crippen LogP contribution < -0.4 is 20.3 Å². The Balaban J connectivity index is 1.64. The molecule has 9 nitrogen and oxygen atoms in total. The number of carboxylic acid groups (broad SMARTS) is 1. The van der Waals surface area contributed by atoms with Crippen LogP contribution >= 0.6 is 0 Å². The number of aryl methyl sites for hydroxylation is 1. The Morgan fingerprint density at radius 3 is 2.40 bits per heavy atom. The average molecular weight is 483 g/mol. The van der Waals surface area contributed by atoms with E-state index in [9.17, 15) is 14.4 Å². The molecule has 35 heavy (non-hydrogen) atoms. The fourth-order valence-corrected chi connectivity index (χ4v) is 4.26. The Hall–Kier alpha value is -3.59. The third-order valence-electron chi connectivity index (χ3n) is 6.31. The predicted molar refractivity (Wildman–Crippen MR) is 136 cm³/mol. The second kappa shape index (κ2) is 12.2. The number of carbonyl (C=O) groups is 3. The normalized spacial score (nSPS) is 14.3. The highest BCUT2D eigenvalue weighted by Gasteiger charge is 2.24. The van der Waals surface area contributed by atoms with Crippen molar-refractivity contribution in [2.75, 3.05) is 48.8 Å².